The molecule has 0 bridgehead atoms. The van der Waals surface area contributed by atoms with E-state index >= 15 is 0 Å². The highest BCUT2D eigenvalue weighted by molar-refractivity contribution is 5.89. The van der Waals surface area contributed by atoms with Crippen molar-refractivity contribution in [2.75, 3.05) is 40.2 Å². The van der Waals surface area contributed by atoms with Crippen LogP contribution < -0.4 is 24.8 Å². The fourth-order valence-electron chi connectivity index (χ4n) is 5.70. The van der Waals surface area contributed by atoms with Crippen molar-refractivity contribution in [3.63, 3.8) is 0 Å². The van der Waals surface area contributed by atoms with Crippen molar-refractivity contribution in [3.05, 3.63) is 47.5 Å². The van der Waals surface area contributed by atoms with Crippen molar-refractivity contribution in [2.24, 2.45) is 0 Å². The first-order chi connectivity index (χ1) is 20.0. The molecule has 15 heteroatoms. The number of fused-ring (bicyclic) bond motifs is 1. The molecule has 43 heavy (non-hydrogen) atoms. The molecule has 1 aliphatic heterocycles. The molecule has 0 spiro atoms. The van der Waals surface area contributed by atoms with Gasteiger partial charge in [0.1, 0.15) is 5.75 Å². The van der Waals surface area contributed by atoms with Crippen molar-refractivity contribution >= 4 is 17.7 Å². The van der Waals surface area contributed by atoms with Gasteiger partial charge in [-0.05, 0) is 69.1 Å². The summed E-state index contributed by atoms with van der Waals surface area (Å²) in [5.41, 5.74) is 0.250. The molecule has 0 aromatic heterocycles. The molecule has 1 aliphatic carbocycles. The third kappa shape index (κ3) is 7.94. The molecule has 3 atom stereocenters. The lowest BCUT2D eigenvalue weighted by atomic mass is 9.65. The van der Waals surface area contributed by atoms with E-state index in [0.29, 0.717) is 11.5 Å². The Morgan fingerprint density at radius 3 is 2.16 bits per heavy atom. The van der Waals surface area contributed by atoms with E-state index in [9.17, 15) is 31.1 Å². The van der Waals surface area contributed by atoms with Gasteiger partial charge < -0.3 is 34.9 Å². The number of ether oxygens (including phenoxy) is 3. The predicted octanol–water partition coefficient (Wildman–Crippen LogP) is 5.68. The number of benzene rings is 2. The van der Waals surface area contributed by atoms with Crippen molar-refractivity contribution < 1.29 is 55.2 Å². The Labute approximate surface area is 244 Å². The van der Waals surface area contributed by atoms with Crippen LogP contribution in [0.1, 0.15) is 36.8 Å². The zero-order valence-corrected chi connectivity index (χ0v) is 23.9. The van der Waals surface area contributed by atoms with Gasteiger partial charge in [0.15, 0.2) is 11.5 Å². The fraction of sp³-hybridized carbons (Fsp3) is 0.500. The summed E-state index contributed by atoms with van der Waals surface area (Å²) >= 11 is 0. The number of carbonyl (C=O) groups is 2. The Balaban J connectivity index is 0.000000646. The molecule has 1 saturated heterocycles. The molecule has 238 valence electrons. The number of anilines is 1. The van der Waals surface area contributed by atoms with E-state index in [2.05, 4.69) is 28.6 Å². The van der Waals surface area contributed by atoms with E-state index < -0.39 is 29.9 Å². The summed E-state index contributed by atoms with van der Waals surface area (Å²) in [6.45, 7) is 0.932. The van der Waals surface area contributed by atoms with Crippen LogP contribution in [0.3, 0.4) is 0 Å². The lowest BCUT2D eigenvalue weighted by Crippen LogP contribution is -2.52. The summed E-state index contributed by atoms with van der Waals surface area (Å²) in [4.78, 5) is 23.9. The molecule has 4 rings (SSSR count). The molecular formula is C28H33F6N3O6. The highest BCUT2D eigenvalue weighted by atomic mass is 19.4. The maximum absolute atomic E-state index is 13.2. The molecule has 1 saturated carbocycles. The third-order valence-corrected chi connectivity index (χ3v) is 7.79. The van der Waals surface area contributed by atoms with Gasteiger partial charge in [0.25, 0.3) is 0 Å². The lowest BCUT2D eigenvalue weighted by Gasteiger charge is -2.45. The molecule has 0 radical (unpaired) electrons. The number of carboxylic acids is 1. The van der Waals surface area contributed by atoms with E-state index in [4.69, 9.17) is 24.1 Å². The average molecular weight is 622 g/mol. The van der Waals surface area contributed by atoms with Crippen molar-refractivity contribution in [2.45, 2.75) is 55.5 Å². The summed E-state index contributed by atoms with van der Waals surface area (Å²) in [6.07, 6.45) is -6.31. The Kier molecular flexibility index (Phi) is 10.3. The smallest absolute Gasteiger partial charge is 0.490 e. The first kappa shape index (κ1) is 33.6. The van der Waals surface area contributed by atoms with Crippen LogP contribution in [0.2, 0.25) is 0 Å². The minimum atomic E-state index is -5.08. The SMILES string of the molecule is COc1cc(NC(=O)N[C@@H]2CC[C@@]3(c4ccc(OC)c(OC)c4)CCN(C)[C@H]3C2)cc(C(F)(F)F)c1.O=C(O)C(F)(F)F. The quantitative estimate of drug-likeness (QED) is 0.356. The Morgan fingerprint density at radius 1 is 0.953 bits per heavy atom. The number of nitrogens with zero attached hydrogens (tertiary/aromatic N) is 1. The molecule has 0 unspecified atom stereocenters. The maximum Gasteiger partial charge on any atom is 0.490 e. The number of methoxy groups -OCH3 is 3. The van der Waals surface area contributed by atoms with Gasteiger partial charge >= 0.3 is 24.4 Å². The van der Waals surface area contributed by atoms with Gasteiger partial charge in [-0.15, -0.1) is 0 Å². The number of rotatable bonds is 6. The minimum absolute atomic E-state index is 0.0186. The summed E-state index contributed by atoms with van der Waals surface area (Å²) in [5, 5.41) is 12.6. The number of amides is 2. The molecule has 9 nitrogen and oxygen atoms in total. The second-order valence-corrected chi connectivity index (χ2v) is 10.3. The number of carbonyl (C=O) groups excluding carboxylic acids is 1. The fourth-order valence-corrected chi connectivity index (χ4v) is 5.70. The molecule has 3 N–H and O–H groups in total. The number of urea groups is 1. The number of aliphatic carboxylic acids is 1. The zero-order valence-electron chi connectivity index (χ0n) is 23.9. The van der Waals surface area contributed by atoms with Crippen LogP contribution in [0.5, 0.6) is 17.2 Å². The second-order valence-electron chi connectivity index (χ2n) is 10.3. The van der Waals surface area contributed by atoms with E-state index in [1.807, 2.05) is 12.1 Å². The van der Waals surface area contributed by atoms with E-state index in [-0.39, 0.29) is 28.9 Å². The molecular weight excluding hydrogens is 588 g/mol. The number of likely N-dealkylation sites (tertiary alicyclic amines) is 1. The van der Waals surface area contributed by atoms with Gasteiger partial charge in [-0.25, -0.2) is 9.59 Å². The largest absolute Gasteiger partial charge is 0.497 e. The maximum atomic E-state index is 13.2. The first-order valence-electron chi connectivity index (χ1n) is 13.1. The van der Waals surface area contributed by atoms with Gasteiger partial charge in [-0.1, -0.05) is 6.07 Å². The minimum Gasteiger partial charge on any atom is -0.497 e. The number of likely N-dealkylation sites (N-methyl/N-ethyl adjacent to an activating group) is 1. The zero-order chi connectivity index (χ0) is 32.2. The van der Waals surface area contributed by atoms with Gasteiger partial charge in [0.05, 0.1) is 26.9 Å². The van der Waals surface area contributed by atoms with Crippen LogP contribution in [0.25, 0.3) is 0 Å². The van der Waals surface area contributed by atoms with Crippen LogP contribution in [-0.2, 0) is 16.4 Å². The normalized spacial score (nSPS) is 22.0. The van der Waals surface area contributed by atoms with E-state index in [1.165, 1.54) is 18.7 Å². The Bertz CT molecular complexity index is 1300. The summed E-state index contributed by atoms with van der Waals surface area (Å²) in [6, 6.07) is 8.77. The number of alkyl halides is 6. The van der Waals surface area contributed by atoms with Gasteiger partial charge in [-0.2, -0.15) is 26.3 Å². The van der Waals surface area contributed by atoms with E-state index in [0.717, 1.165) is 44.4 Å². The molecule has 2 amide bonds. The number of carboxylic acid groups (broad SMARTS) is 1. The van der Waals surface area contributed by atoms with Crippen molar-refractivity contribution in [1.29, 1.82) is 0 Å². The van der Waals surface area contributed by atoms with Gasteiger partial charge in [-0.3, -0.25) is 0 Å². The molecule has 2 aromatic rings. The second kappa shape index (κ2) is 13.2. The van der Waals surface area contributed by atoms with E-state index in [1.54, 1.807) is 14.2 Å². The van der Waals surface area contributed by atoms with Crippen molar-refractivity contribution in [3.8, 4) is 17.2 Å². The number of halogens is 6. The van der Waals surface area contributed by atoms with Crippen LogP contribution in [-0.4, -0.2) is 75.2 Å². The number of hydrogen-bond donors (Lipinski definition) is 3. The summed E-state index contributed by atoms with van der Waals surface area (Å²) < 4.78 is 87.3. The van der Waals surface area contributed by atoms with Gasteiger partial charge in [0, 0.05) is 29.3 Å². The first-order valence-corrected chi connectivity index (χ1v) is 13.1. The number of nitrogens with one attached hydrogen (secondary N) is 2. The van der Waals surface area contributed by atoms with Crippen LogP contribution in [0.15, 0.2) is 36.4 Å². The summed E-state index contributed by atoms with van der Waals surface area (Å²) in [7, 11) is 6.60. The predicted molar refractivity (Wildman–Crippen MR) is 144 cm³/mol. The topological polar surface area (TPSA) is 109 Å². The Morgan fingerprint density at radius 2 is 1.60 bits per heavy atom. The lowest BCUT2D eigenvalue weighted by molar-refractivity contribution is -0.192. The molecule has 2 fully saturated rings. The Hall–Kier alpha value is -3.88. The molecule has 2 aromatic carbocycles. The van der Waals surface area contributed by atoms with Crippen LogP contribution >= 0.6 is 0 Å². The third-order valence-electron chi connectivity index (χ3n) is 7.79. The molecule has 1 heterocycles. The number of hydrogen-bond acceptors (Lipinski definition) is 6. The van der Waals surface area contributed by atoms with Crippen molar-refractivity contribution in [1.82, 2.24) is 10.2 Å². The monoisotopic (exact) mass is 621 g/mol. The standard InChI is InChI=1S/C26H32F3N3O4.C2HF3O2/c1-32-10-9-25(16-5-6-21(35-3)22(13-16)36-4)8-7-18(15-23(25)32)30-24(33)31-19-11-17(26(27,28)29)12-20(14-19)34-2;3-2(4,5)1(6)7/h5-6,11-14,18,23H,7-10,15H2,1-4H3,(H2,30,31,33);(H,6,7)/t18-,23+,25+;/m1./s1. The molecule has 2 aliphatic rings. The summed E-state index contributed by atoms with van der Waals surface area (Å²) in [5.74, 6) is -1.37. The van der Waals surface area contributed by atoms with Crippen LogP contribution in [0, 0.1) is 0 Å². The van der Waals surface area contributed by atoms with Crippen LogP contribution in [0.4, 0.5) is 36.8 Å². The highest BCUT2D eigenvalue weighted by Gasteiger charge is 2.50. The highest BCUT2D eigenvalue weighted by Crippen LogP contribution is 2.50. The van der Waals surface area contributed by atoms with Gasteiger partial charge in [0.2, 0.25) is 0 Å². The average Bonchev–Trinajstić information content (AvgIpc) is 3.28.